The summed E-state index contributed by atoms with van der Waals surface area (Å²) in [5, 5.41) is 4.61. The fraction of sp³-hybridized carbons (Fsp3) is 0.125. The summed E-state index contributed by atoms with van der Waals surface area (Å²) in [7, 11) is 1.66. The monoisotopic (exact) mass is 424 g/mol. The first-order valence-electron chi connectivity index (χ1n) is 6.78. The van der Waals surface area contributed by atoms with Gasteiger partial charge < -0.3 is 4.74 Å². The largest absolute Gasteiger partial charge is 0.496 e. The van der Waals surface area contributed by atoms with Gasteiger partial charge in [-0.2, -0.15) is 0 Å². The molecule has 0 radical (unpaired) electrons. The SMILES string of the molecule is COc1ccc(CSc2nn(-c3ccccc3)c(=S)s2)cc1Br. The first kappa shape index (κ1) is 16.7. The van der Waals surface area contributed by atoms with Crippen LogP contribution in [-0.2, 0) is 5.75 Å². The highest BCUT2D eigenvalue weighted by molar-refractivity contribution is 9.10. The van der Waals surface area contributed by atoms with E-state index < -0.39 is 0 Å². The third-order valence-corrected chi connectivity index (χ3v) is 6.16. The van der Waals surface area contributed by atoms with Gasteiger partial charge in [0.2, 0.25) is 0 Å². The molecule has 3 aromatic rings. The molecule has 0 saturated carbocycles. The zero-order valence-corrected chi connectivity index (χ0v) is 16.3. The Bertz CT molecular complexity index is 861. The lowest BCUT2D eigenvalue weighted by Crippen LogP contribution is -1.95. The molecule has 0 aliphatic rings. The first-order valence-corrected chi connectivity index (χ1v) is 9.78. The van der Waals surface area contributed by atoms with Gasteiger partial charge in [-0.25, -0.2) is 4.68 Å². The summed E-state index contributed by atoms with van der Waals surface area (Å²) in [6.07, 6.45) is 0. The van der Waals surface area contributed by atoms with Gasteiger partial charge in [-0.05, 0) is 58.0 Å². The van der Waals surface area contributed by atoms with Crippen molar-refractivity contribution in [2.24, 2.45) is 0 Å². The van der Waals surface area contributed by atoms with E-state index in [1.54, 1.807) is 18.9 Å². The van der Waals surface area contributed by atoms with Crippen LogP contribution in [-0.4, -0.2) is 16.9 Å². The molecule has 0 amide bonds. The summed E-state index contributed by atoms with van der Waals surface area (Å²) in [6.45, 7) is 0. The van der Waals surface area contributed by atoms with Gasteiger partial charge in [0.1, 0.15) is 5.75 Å². The Morgan fingerprint density at radius 2 is 2.04 bits per heavy atom. The summed E-state index contributed by atoms with van der Waals surface area (Å²) in [4.78, 5) is 0. The van der Waals surface area contributed by atoms with Crippen LogP contribution < -0.4 is 4.74 Å². The van der Waals surface area contributed by atoms with Crippen LogP contribution in [0.1, 0.15) is 5.56 Å². The lowest BCUT2D eigenvalue weighted by atomic mass is 10.2. The average Bonchev–Trinajstić information content (AvgIpc) is 2.95. The van der Waals surface area contributed by atoms with E-state index in [4.69, 9.17) is 17.0 Å². The van der Waals surface area contributed by atoms with Gasteiger partial charge >= 0.3 is 0 Å². The van der Waals surface area contributed by atoms with Gasteiger partial charge in [0.05, 0.1) is 17.3 Å². The number of hydrogen-bond donors (Lipinski definition) is 0. The summed E-state index contributed by atoms with van der Waals surface area (Å²) in [6, 6.07) is 16.1. The highest BCUT2D eigenvalue weighted by Crippen LogP contribution is 2.30. The van der Waals surface area contributed by atoms with Crippen LogP contribution in [0.3, 0.4) is 0 Å². The summed E-state index contributed by atoms with van der Waals surface area (Å²) in [5.74, 6) is 1.67. The maximum Gasteiger partial charge on any atom is 0.184 e. The van der Waals surface area contributed by atoms with Crippen molar-refractivity contribution in [2.45, 2.75) is 10.1 Å². The van der Waals surface area contributed by atoms with E-state index in [2.05, 4.69) is 33.2 Å². The van der Waals surface area contributed by atoms with E-state index in [1.807, 2.05) is 41.1 Å². The Morgan fingerprint density at radius 1 is 1.26 bits per heavy atom. The van der Waals surface area contributed by atoms with Gasteiger partial charge in [-0.3, -0.25) is 0 Å². The van der Waals surface area contributed by atoms with Crippen LogP contribution in [0, 0.1) is 3.95 Å². The van der Waals surface area contributed by atoms with Crippen LogP contribution in [0.4, 0.5) is 0 Å². The molecule has 3 rings (SSSR count). The molecule has 7 heteroatoms. The quantitative estimate of drug-likeness (QED) is 0.386. The van der Waals surface area contributed by atoms with Gasteiger partial charge in [0.25, 0.3) is 0 Å². The van der Waals surface area contributed by atoms with Crippen molar-refractivity contribution < 1.29 is 4.74 Å². The van der Waals surface area contributed by atoms with Crippen molar-refractivity contribution in [3.05, 3.63) is 62.5 Å². The minimum Gasteiger partial charge on any atom is -0.496 e. The van der Waals surface area contributed by atoms with Crippen molar-refractivity contribution in [3.8, 4) is 11.4 Å². The van der Waals surface area contributed by atoms with E-state index in [1.165, 1.54) is 16.9 Å². The predicted molar refractivity (Wildman–Crippen MR) is 103 cm³/mol. The maximum absolute atomic E-state index is 5.42. The summed E-state index contributed by atoms with van der Waals surface area (Å²) < 4.78 is 9.74. The number of halogens is 1. The smallest absolute Gasteiger partial charge is 0.184 e. The minimum atomic E-state index is 0.759. The van der Waals surface area contributed by atoms with Crippen LogP contribution in [0.5, 0.6) is 5.75 Å². The number of aromatic nitrogens is 2. The molecule has 0 unspecified atom stereocenters. The lowest BCUT2D eigenvalue weighted by molar-refractivity contribution is 0.412. The van der Waals surface area contributed by atoms with Gasteiger partial charge in [-0.1, -0.05) is 47.4 Å². The molecule has 0 bridgehead atoms. The molecular weight excluding hydrogens is 412 g/mol. The highest BCUT2D eigenvalue weighted by atomic mass is 79.9. The Labute approximate surface area is 156 Å². The van der Waals surface area contributed by atoms with Gasteiger partial charge in [-0.15, -0.1) is 5.10 Å². The highest BCUT2D eigenvalue weighted by Gasteiger charge is 2.08. The number of rotatable bonds is 5. The second kappa shape index (κ2) is 7.61. The molecule has 23 heavy (non-hydrogen) atoms. The van der Waals surface area contributed by atoms with E-state index in [0.29, 0.717) is 0 Å². The third-order valence-electron chi connectivity index (χ3n) is 3.11. The molecule has 0 atom stereocenters. The van der Waals surface area contributed by atoms with Crippen molar-refractivity contribution >= 4 is 51.2 Å². The Kier molecular flexibility index (Phi) is 5.53. The number of nitrogens with zero attached hydrogens (tertiary/aromatic N) is 2. The zero-order valence-electron chi connectivity index (χ0n) is 12.2. The maximum atomic E-state index is 5.42. The van der Waals surface area contributed by atoms with Gasteiger partial charge in [0.15, 0.2) is 8.29 Å². The Hall–Kier alpha value is -1.15. The van der Waals surface area contributed by atoms with Crippen molar-refractivity contribution in [1.82, 2.24) is 9.78 Å². The minimum absolute atomic E-state index is 0.759. The Balaban J connectivity index is 1.74. The average molecular weight is 425 g/mol. The van der Waals surface area contributed by atoms with Crippen LogP contribution >= 0.6 is 51.2 Å². The molecule has 1 aromatic heterocycles. The second-order valence-corrected chi connectivity index (χ2v) is 8.34. The zero-order chi connectivity index (χ0) is 16.2. The molecule has 0 aliphatic carbocycles. The van der Waals surface area contributed by atoms with Gasteiger partial charge in [0, 0.05) is 5.75 Å². The molecule has 1 heterocycles. The van der Waals surface area contributed by atoms with Crippen molar-refractivity contribution in [1.29, 1.82) is 0 Å². The molecule has 0 N–H and O–H groups in total. The van der Waals surface area contributed by atoms with Crippen LogP contribution in [0.15, 0.2) is 57.3 Å². The van der Waals surface area contributed by atoms with E-state index in [0.717, 1.165) is 30.0 Å². The molecule has 0 aliphatic heterocycles. The number of hydrogen-bond acceptors (Lipinski definition) is 5. The Morgan fingerprint density at radius 3 is 2.74 bits per heavy atom. The molecular formula is C16H13BrN2OS3. The van der Waals surface area contributed by atoms with Crippen molar-refractivity contribution in [3.63, 3.8) is 0 Å². The number of benzene rings is 2. The molecule has 2 aromatic carbocycles. The third kappa shape index (κ3) is 4.03. The second-order valence-electron chi connectivity index (χ2n) is 4.64. The first-order chi connectivity index (χ1) is 11.2. The van der Waals surface area contributed by atoms with E-state index in [-0.39, 0.29) is 0 Å². The lowest BCUT2D eigenvalue weighted by Gasteiger charge is -2.05. The molecule has 0 spiro atoms. The predicted octanol–water partition coefficient (Wildman–Crippen LogP) is 5.73. The van der Waals surface area contributed by atoms with Crippen molar-refractivity contribution in [2.75, 3.05) is 7.11 Å². The van der Waals surface area contributed by atoms with Crippen LogP contribution in [0.25, 0.3) is 5.69 Å². The number of thioether (sulfide) groups is 1. The van der Waals surface area contributed by atoms with Crippen LogP contribution in [0.2, 0.25) is 0 Å². The van der Waals surface area contributed by atoms with E-state index in [9.17, 15) is 0 Å². The molecule has 118 valence electrons. The summed E-state index contributed by atoms with van der Waals surface area (Å²) in [5.41, 5.74) is 2.20. The summed E-state index contributed by atoms with van der Waals surface area (Å²) >= 11 is 12.1. The van der Waals surface area contributed by atoms with E-state index >= 15 is 0 Å². The molecule has 0 saturated heterocycles. The normalized spacial score (nSPS) is 10.7. The fourth-order valence-electron chi connectivity index (χ4n) is 2.00. The fourth-order valence-corrected chi connectivity index (χ4v) is 4.89. The number of para-hydroxylation sites is 1. The number of ether oxygens (including phenoxy) is 1. The molecule has 0 fully saturated rings. The topological polar surface area (TPSA) is 27.1 Å². The molecule has 3 nitrogen and oxygen atoms in total. The standard InChI is InChI=1S/C16H13BrN2OS3/c1-20-14-8-7-11(9-13(14)17)10-22-15-18-19(16(21)23-15)12-5-3-2-4-6-12/h2-9H,10H2,1H3. The number of methoxy groups -OCH3 is 1.